The smallest absolute Gasteiger partial charge is 0.147 e. The Morgan fingerprint density at radius 1 is 1.20 bits per heavy atom. The highest BCUT2D eigenvalue weighted by molar-refractivity contribution is 8.15. The summed E-state index contributed by atoms with van der Waals surface area (Å²) in [5.41, 5.74) is 1.74. The lowest BCUT2D eigenvalue weighted by Gasteiger charge is -2.14. The van der Waals surface area contributed by atoms with Crippen molar-refractivity contribution in [2.75, 3.05) is 19.8 Å². The zero-order chi connectivity index (χ0) is 21.1. The zero-order valence-corrected chi connectivity index (χ0v) is 18.2. The molecule has 30 heavy (non-hydrogen) atoms. The molecule has 2 unspecified atom stereocenters. The minimum Gasteiger partial charge on any atom is -0.486 e. The monoisotopic (exact) mass is 444 g/mol. The van der Waals surface area contributed by atoms with E-state index in [1.54, 1.807) is 11.8 Å². The molecule has 158 valence electrons. The van der Waals surface area contributed by atoms with Gasteiger partial charge in [0.1, 0.15) is 28.4 Å². The summed E-state index contributed by atoms with van der Waals surface area (Å²) in [5, 5.41) is 20.8. The van der Waals surface area contributed by atoms with Crippen LogP contribution in [0.25, 0.3) is 10.9 Å². The molecule has 0 spiro atoms. The molecule has 2 heterocycles. The summed E-state index contributed by atoms with van der Waals surface area (Å²) in [6.45, 7) is 2.59. The van der Waals surface area contributed by atoms with E-state index in [2.05, 4.69) is 22.6 Å². The lowest BCUT2D eigenvalue weighted by molar-refractivity contribution is 0.131. The van der Waals surface area contributed by atoms with Gasteiger partial charge in [-0.2, -0.15) is 0 Å². The fourth-order valence-electron chi connectivity index (χ4n) is 3.22. The number of aliphatic hydroxyl groups is 2. The van der Waals surface area contributed by atoms with Gasteiger partial charge >= 0.3 is 0 Å². The van der Waals surface area contributed by atoms with Crippen molar-refractivity contribution in [2.45, 2.75) is 29.6 Å². The van der Waals surface area contributed by atoms with Gasteiger partial charge in [-0.1, -0.05) is 11.8 Å². The normalized spacial score (nSPS) is 17.2. The fraction of sp³-hybridized carbons (Fsp3) is 0.318. The first kappa shape index (κ1) is 21.1. The maximum Gasteiger partial charge on any atom is 0.147 e. The van der Waals surface area contributed by atoms with Gasteiger partial charge in [-0.05, 0) is 49.7 Å². The van der Waals surface area contributed by atoms with Gasteiger partial charge in [0.2, 0.25) is 0 Å². The van der Waals surface area contributed by atoms with E-state index in [-0.39, 0.29) is 19.3 Å². The topological polar surface area (TPSA) is 87.1 Å². The molecule has 3 aromatic rings. The third-order valence-electron chi connectivity index (χ3n) is 4.72. The van der Waals surface area contributed by atoms with Crippen molar-refractivity contribution in [3.05, 3.63) is 48.2 Å². The van der Waals surface area contributed by atoms with Crippen molar-refractivity contribution >= 4 is 40.3 Å². The number of thiol groups is 1. The Labute approximate surface area is 184 Å². The molecule has 6 nitrogen and oxygen atoms in total. The number of hydrogen-bond donors (Lipinski definition) is 4. The van der Waals surface area contributed by atoms with Crippen molar-refractivity contribution in [2.24, 2.45) is 4.99 Å². The molecule has 3 N–H and O–H groups in total. The summed E-state index contributed by atoms with van der Waals surface area (Å²) in [7, 11) is 0. The quantitative estimate of drug-likeness (QED) is 0.390. The van der Waals surface area contributed by atoms with Crippen LogP contribution in [-0.2, 0) is 0 Å². The maximum absolute atomic E-state index is 9.44. The number of H-pyrrole nitrogens is 1. The number of aliphatic imine (C=N–C) groups is 1. The van der Waals surface area contributed by atoms with E-state index in [0.717, 1.165) is 33.0 Å². The molecular weight excluding hydrogens is 420 g/mol. The fourth-order valence-corrected chi connectivity index (χ4v) is 4.44. The molecule has 0 saturated heterocycles. The first-order valence-corrected chi connectivity index (χ1v) is 11.1. The Balaban J connectivity index is 1.67. The van der Waals surface area contributed by atoms with Crippen molar-refractivity contribution in [1.82, 2.24) is 4.98 Å². The summed E-state index contributed by atoms with van der Waals surface area (Å²) in [4.78, 5) is 8.90. The van der Waals surface area contributed by atoms with Crippen LogP contribution in [-0.4, -0.2) is 51.4 Å². The van der Waals surface area contributed by atoms with E-state index < -0.39 is 0 Å². The van der Waals surface area contributed by atoms with Crippen molar-refractivity contribution in [3.63, 3.8) is 0 Å². The Hall–Kier alpha value is -2.13. The maximum atomic E-state index is 9.44. The SMILES string of the molecule is CC(CO)Oc1cc(Oc2ccc(S)cc2)cc2cc(C3=NCC(CCO)S3)[nH]c12. The Bertz CT molecular complexity index is 1050. The Morgan fingerprint density at radius 2 is 2.00 bits per heavy atom. The molecule has 0 amide bonds. The largest absolute Gasteiger partial charge is 0.486 e. The molecule has 2 aromatic carbocycles. The van der Waals surface area contributed by atoms with E-state index in [0.29, 0.717) is 29.0 Å². The van der Waals surface area contributed by atoms with Gasteiger partial charge in [-0.15, -0.1) is 12.6 Å². The van der Waals surface area contributed by atoms with Crippen molar-refractivity contribution in [3.8, 4) is 17.2 Å². The summed E-state index contributed by atoms with van der Waals surface area (Å²) >= 11 is 5.98. The number of nitrogens with zero attached hydrogens (tertiary/aromatic N) is 1. The number of rotatable bonds is 8. The molecule has 1 aliphatic rings. The number of aliphatic hydroxyl groups excluding tert-OH is 2. The molecule has 1 aromatic heterocycles. The van der Waals surface area contributed by atoms with Crippen LogP contribution in [0.4, 0.5) is 0 Å². The van der Waals surface area contributed by atoms with Gasteiger partial charge in [-0.3, -0.25) is 4.99 Å². The van der Waals surface area contributed by atoms with Crippen LogP contribution in [0.3, 0.4) is 0 Å². The number of aromatic amines is 1. The van der Waals surface area contributed by atoms with Gasteiger partial charge in [-0.25, -0.2) is 0 Å². The van der Waals surface area contributed by atoms with E-state index >= 15 is 0 Å². The third-order valence-corrected chi connectivity index (χ3v) is 6.31. The second kappa shape index (κ2) is 9.34. The van der Waals surface area contributed by atoms with E-state index in [4.69, 9.17) is 9.47 Å². The first-order chi connectivity index (χ1) is 14.6. The van der Waals surface area contributed by atoms with Crippen LogP contribution < -0.4 is 9.47 Å². The predicted molar refractivity (Wildman–Crippen MR) is 124 cm³/mol. The van der Waals surface area contributed by atoms with Crippen LogP contribution in [0.5, 0.6) is 17.2 Å². The number of nitrogens with one attached hydrogen (secondary N) is 1. The first-order valence-electron chi connectivity index (χ1n) is 9.79. The second-order valence-electron chi connectivity index (χ2n) is 7.17. The minimum absolute atomic E-state index is 0.0883. The number of aromatic nitrogens is 1. The van der Waals surface area contributed by atoms with E-state index in [1.165, 1.54) is 0 Å². The van der Waals surface area contributed by atoms with Gasteiger partial charge in [0.25, 0.3) is 0 Å². The highest BCUT2D eigenvalue weighted by Gasteiger charge is 2.22. The molecular formula is C22H24N2O4S2. The van der Waals surface area contributed by atoms with Gasteiger partial charge < -0.3 is 24.7 Å². The van der Waals surface area contributed by atoms with Gasteiger partial charge in [0, 0.05) is 28.2 Å². The highest BCUT2D eigenvalue weighted by atomic mass is 32.2. The van der Waals surface area contributed by atoms with Gasteiger partial charge in [0.05, 0.1) is 24.4 Å². The molecule has 4 rings (SSSR count). The Morgan fingerprint density at radius 3 is 2.73 bits per heavy atom. The average molecular weight is 445 g/mol. The van der Waals surface area contributed by atoms with Crippen molar-refractivity contribution in [1.29, 1.82) is 0 Å². The standard InChI is InChI=1S/C22H24N2O4S2/c1-13(12-26)27-20-10-16(28-15-2-4-17(29)5-3-15)8-14-9-19(24-21(14)20)22-23-11-18(30-22)6-7-25/h2-5,8-10,13,18,24-26,29H,6-7,11-12H2,1H3. The molecule has 0 fully saturated rings. The van der Waals surface area contributed by atoms with Crippen LogP contribution >= 0.6 is 24.4 Å². The van der Waals surface area contributed by atoms with Crippen LogP contribution in [0.2, 0.25) is 0 Å². The molecule has 0 bridgehead atoms. The summed E-state index contributed by atoms with van der Waals surface area (Å²) < 4.78 is 12.0. The molecule has 0 aliphatic carbocycles. The second-order valence-corrected chi connectivity index (χ2v) is 8.98. The number of ether oxygens (including phenoxy) is 2. The predicted octanol–water partition coefficient (Wildman–Crippen LogP) is 4.25. The van der Waals surface area contributed by atoms with Crippen LogP contribution in [0.1, 0.15) is 19.0 Å². The summed E-state index contributed by atoms with van der Waals surface area (Å²) in [6.07, 6.45) is 0.370. The number of fused-ring (bicyclic) bond motifs is 1. The molecule has 0 radical (unpaired) electrons. The number of benzene rings is 2. The Kier molecular flexibility index (Phi) is 6.58. The molecule has 8 heteroatoms. The minimum atomic E-state index is -0.356. The highest BCUT2D eigenvalue weighted by Crippen LogP contribution is 2.36. The van der Waals surface area contributed by atoms with Crippen LogP contribution in [0.15, 0.2) is 52.4 Å². The van der Waals surface area contributed by atoms with Crippen LogP contribution in [0, 0.1) is 0 Å². The molecule has 2 atom stereocenters. The molecule has 1 aliphatic heterocycles. The lowest BCUT2D eigenvalue weighted by Crippen LogP contribution is -2.16. The van der Waals surface area contributed by atoms with E-state index in [1.807, 2.05) is 49.4 Å². The van der Waals surface area contributed by atoms with Crippen molar-refractivity contribution < 1.29 is 19.7 Å². The summed E-state index contributed by atoms with van der Waals surface area (Å²) in [5.74, 6) is 1.95. The lowest BCUT2D eigenvalue weighted by atomic mass is 10.2. The average Bonchev–Trinajstić information content (AvgIpc) is 3.37. The third kappa shape index (κ3) is 4.78. The number of hydrogen-bond acceptors (Lipinski definition) is 7. The summed E-state index contributed by atoms with van der Waals surface area (Å²) in [6, 6.07) is 13.3. The van der Waals surface area contributed by atoms with Gasteiger partial charge in [0.15, 0.2) is 0 Å². The van der Waals surface area contributed by atoms with E-state index in [9.17, 15) is 10.2 Å². The zero-order valence-electron chi connectivity index (χ0n) is 16.5. The molecule has 0 saturated carbocycles. The number of thioether (sulfide) groups is 1.